The molecule has 1 aromatic rings. The number of amides is 1. The molecule has 162 valence electrons. The molecule has 2 aliphatic heterocycles. The highest BCUT2D eigenvalue weighted by molar-refractivity contribution is 7.89. The number of rotatable bonds is 7. The summed E-state index contributed by atoms with van der Waals surface area (Å²) >= 11 is 0. The molecule has 0 saturated carbocycles. The Labute approximate surface area is 173 Å². The highest BCUT2D eigenvalue weighted by Gasteiger charge is 2.27. The number of piperidine rings is 1. The van der Waals surface area contributed by atoms with Gasteiger partial charge in [-0.25, -0.2) is 8.42 Å². The summed E-state index contributed by atoms with van der Waals surface area (Å²) in [6, 6.07) is 6.57. The molecule has 1 atom stereocenters. The summed E-state index contributed by atoms with van der Waals surface area (Å²) in [5, 5.41) is 0. The van der Waals surface area contributed by atoms with Crippen molar-refractivity contribution >= 4 is 15.9 Å². The summed E-state index contributed by atoms with van der Waals surface area (Å²) in [7, 11) is 0.114. The lowest BCUT2D eigenvalue weighted by molar-refractivity contribution is -0.134. The quantitative estimate of drug-likeness (QED) is 0.646. The fourth-order valence-electron chi connectivity index (χ4n) is 3.76. The van der Waals surface area contributed by atoms with E-state index < -0.39 is 10.0 Å². The van der Waals surface area contributed by atoms with Crippen molar-refractivity contribution in [3.05, 3.63) is 24.3 Å². The molecule has 2 aliphatic rings. The molecule has 2 heterocycles. The Morgan fingerprint density at radius 3 is 2.52 bits per heavy atom. The van der Waals surface area contributed by atoms with Crippen LogP contribution in [0, 0.1) is 5.92 Å². The van der Waals surface area contributed by atoms with Crippen LogP contribution < -0.4 is 4.74 Å². The summed E-state index contributed by atoms with van der Waals surface area (Å²) in [6.45, 7) is 4.59. The molecule has 29 heavy (non-hydrogen) atoms. The molecule has 0 N–H and O–H groups in total. The van der Waals surface area contributed by atoms with Gasteiger partial charge in [0.25, 0.3) is 0 Å². The maximum atomic E-state index is 12.6. The fraction of sp³-hybridized carbons (Fsp3) is 0.650. The van der Waals surface area contributed by atoms with Crippen molar-refractivity contribution in [3.63, 3.8) is 0 Å². The number of hydrogen-bond donors (Lipinski definition) is 0. The predicted molar refractivity (Wildman–Crippen MR) is 109 cm³/mol. The lowest BCUT2D eigenvalue weighted by Crippen LogP contribution is -2.43. The van der Waals surface area contributed by atoms with Gasteiger partial charge in [-0.1, -0.05) is 0 Å². The van der Waals surface area contributed by atoms with Crippen LogP contribution in [0.3, 0.4) is 0 Å². The first-order chi connectivity index (χ1) is 13.9. The molecule has 2 saturated heterocycles. The van der Waals surface area contributed by atoms with E-state index >= 15 is 0 Å². The Morgan fingerprint density at radius 2 is 1.86 bits per heavy atom. The zero-order valence-corrected chi connectivity index (χ0v) is 18.1. The van der Waals surface area contributed by atoms with Gasteiger partial charge in [0.2, 0.25) is 15.9 Å². The van der Waals surface area contributed by atoms with Gasteiger partial charge >= 0.3 is 0 Å². The minimum absolute atomic E-state index is 0.0587. The Morgan fingerprint density at radius 1 is 1.17 bits per heavy atom. The smallest absolute Gasteiger partial charge is 0.243 e. The maximum absolute atomic E-state index is 12.6. The van der Waals surface area contributed by atoms with E-state index in [1.165, 1.54) is 4.31 Å². The third kappa shape index (κ3) is 5.69. The molecular weight excluding hydrogens is 394 g/mol. The van der Waals surface area contributed by atoms with Crippen LogP contribution in [0.4, 0.5) is 0 Å². The Hall–Kier alpha value is -1.68. The van der Waals surface area contributed by atoms with Crippen molar-refractivity contribution in [1.29, 1.82) is 0 Å². The number of morpholine rings is 1. The summed E-state index contributed by atoms with van der Waals surface area (Å²) in [5.74, 6) is 0.889. The first-order valence-electron chi connectivity index (χ1n) is 10.1. The van der Waals surface area contributed by atoms with Crippen LogP contribution >= 0.6 is 0 Å². The summed E-state index contributed by atoms with van der Waals surface area (Å²) < 4.78 is 37.8. The van der Waals surface area contributed by atoms with Crippen molar-refractivity contribution in [2.45, 2.75) is 17.7 Å². The molecule has 8 nitrogen and oxygen atoms in total. The van der Waals surface area contributed by atoms with Crippen LogP contribution in [0.25, 0.3) is 0 Å². The topological polar surface area (TPSA) is 79.4 Å². The van der Waals surface area contributed by atoms with E-state index in [0.717, 1.165) is 32.5 Å². The van der Waals surface area contributed by atoms with Gasteiger partial charge in [0, 0.05) is 40.3 Å². The van der Waals surface area contributed by atoms with E-state index in [1.807, 2.05) is 0 Å². The second kappa shape index (κ2) is 9.88. The zero-order valence-electron chi connectivity index (χ0n) is 17.2. The molecule has 1 aromatic carbocycles. The maximum Gasteiger partial charge on any atom is 0.243 e. The van der Waals surface area contributed by atoms with Gasteiger partial charge in [0.15, 0.2) is 0 Å². The van der Waals surface area contributed by atoms with Gasteiger partial charge in [0.1, 0.15) is 12.4 Å². The number of sulfonamides is 1. The second-order valence-corrected chi connectivity index (χ2v) is 9.65. The average molecular weight is 426 g/mol. The highest BCUT2D eigenvalue weighted by atomic mass is 32.2. The van der Waals surface area contributed by atoms with E-state index in [9.17, 15) is 13.2 Å². The van der Waals surface area contributed by atoms with E-state index in [1.54, 1.807) is 43.3 Å². The molecule has 0 aliphatic carbocycles. The van der Waals surface area contributed by atoms with Gasteiger partial charge in [-0.3, -0.25) is 9.69 Å². The molecule has 1 amide bonds. The standard InChI is InChI=1S/C20H31N3O5S/c1-21(2)20(24)17-4-3-9-22(16-17)10-15-28-18-5-7-19(8-6-18)29(25,26)23-11-13-27-14-12-23/h5-8,17H,3-4,9-16H2,1-2H3. The molecule has 0 aromatic heterocycles. The number of nitrogens with zero attached hydrogens (tertiary/aromatic N) is 3. The number of likely N-dealkylation sites (tertiary alicyclic amines) is 1. The van der Waals surface area contributed by atoms with Gasteiger partial charge in [-0.2, -0.15) is 4.31 Å². The predicted octanol–water partition coefficient (Wildman–Crippen LogP) is 0.887. The van der Waals surface area contributed by atoms with Crippen molar-refractivity contribution in [2.75, 3.05) is 66.6 Å². The number of benzene rings is 1. The largest absolute Gasteiger partial charge is 0.492 e. The first kappa shape index (κ1) is 22.0. The Bertz CT molecular complexity index is 776. The second-order valence-electron chi connectivity index (χ2n) is 7.71. The monoisotopic (exact) mass is 425 g/mol. The summed E-state index contributed by atoms with van der Waals surface area (Å²) in [4.78, 5) is 16.4. The Balaban J connectivity index is 1.48. The van der Waals surface area contributed by atoms with Gasteiger partial charge < -0.3 is 14.4 Å². The van der Waals surface area contributed by atoms with Crippen molar-refractivity contribution in [1.82, 2.24) is 14.1 Å². The summed E-state index contributed by atoms with van der Waals surface area (Å²) in [6.07, 6.45) is 1.95. The minimum Gasteiger partial charge on any atom is -0.492 e. The SMILES string of the molecule is CN(C)C(=O)C1CCCN(CCOc2ccc(S(=O)(=O)N3CCOCC3)cc2)C1. The number of carbonyl (C=O) groups is 1. The fourth-order valence-corrected chi connectivity index (χ4v) is 5.17. The van der Waals surface area contributed by atoms with Crippen LogP contribution in [0.2, 0.25) is 0 Å². The molecule has 0 spiro atoms. The van der Waals surface area contributed by atoms with Crippen LogP contribution in [0.15, 0.2) is 29.2 Å². The summed E-state index contributed by atoms with van der Waals surface area (Å²) in [5.41, 5.74) is 0. The Kier molecular flexibility index (Phi) is 7.50. The first-order valence-corrected chi connectivity index (χ1v) is 11.6. The van der Waals surface area contributed by atoms with Gasteiger partial charge in [-0.05, 0) is 43.7 Å². The number of carbonyl (C=O) groups excluding carboxylic acids is 1. The zero-order chi connectivity index (χ0) is 20.9. The number of ether oxygens (including phenoxy) is 2. The molecule has 9 heteroatoms. The van der Waals surface area contributed by atoms with Crippen molar-refractivity contribution in [2.24, 2.45) is 5.92 Å². The third-order valence-corrected chi connectivity index (χ3v) is 7.32. The normalized spacial score (nSPS) is 21.7. The molecule has 0 bridgehead atoms. The third-order valence-electron chi connectivity index (χ3n) is 5.40. The van der Waals surface area contributed by atoms with Crippen molar-refractivity contribution in [3.8, 4) is 5.75 Å². The van der Waals surface area contributed by atoms with E-state index in [0.29, 0.717) is 38.7 Å². The highest BCUT2D eigenvalue weighted by Crippen LogP contribution is 2.21. The minimum atomic E-state index is -3.48. The molecule has 2 fully saturated rings. The van der Waals surface area contributed by atoms with E-state index in [4.69, 9.17) is 9.47 Å². The van der Waals surface area contributed by atoms with E-state index in [-0.39, 0.29) is 16.7 Å². The molecular formula is C20H31N3O5S. The van der Waals surface area contributed by atoms with Crippen LogP contribution in [0.5, 0.6) is 5.75 Å². The lowest BCUT2D eigenvalue weighted by Gasteiger charge is -2.33. The van der Waals surface area contributed by atoms with Crippen LogP contribution in [0.1, 0.15) is 12.8 Å². The van der Waals surface area contributed by atoms with Crippen LogP contribution in [-0.4, -0.2) is 95.1 Å². The molecule has 3 rings (SSSR count). The van der Waals surface area contributed by atoms with Crippen molar-refractivity contribution < 1.29 is 22.7 Å². The average Bonchev–Trinajstić information content (AvgIpc) is 2.74. The lowest BCUT2D eigenvalue weighted by atomic mass is 9.97. The number of hydrogen-bond acceptors (Lipinski definition) is 6. The van der Waals surface area contributed by atoms with E-state index in [2.05, 4.69) is 4.90 Å². The van der Waals surface area contributed by atoms with Gasteiger partial charge in [-0.15, -0.1) is 0 Å². The van der Waals surface area contributed by atoms with Crippen LogP contribution in [-0.2, 0) is 19.6 Å². The molecule has 1 unspecified atom stereocenters. The molecule has 0 radical (unpaired) electrons. The van der Waals surface area contributed by atoms with Gasteiger partial charge in [0.05, 0.1) is 24.0 Å².